The van der Waals surface area contributed by atoms with Gasteiger partial charge < -0.3 is 14.6 Å². The highest BCUT2D eigenvalue weighted by Gasteiger charge is 2.20. The molecule has 8 heteroatoms. The molecule has 0 aliphatic heterocycles. The monoisotopic (exact) mass is 394 g/mol. The number of fused-ring (bicyclic) bond motifs is 2. The van der Waals surface area contributed by atoms with E-state index in [1.807, 2.05) is 0 Å². The van der Waals surface area contributed by atoms with Gasteiger partial charge in [-0.25, -0.2) is 9.37 Å². The van der Waals surface area contributed by atoms with Crippen LogP contribution in [0.4, 0.5) is 10.1 Å². The molecule has 148 valence electrons. The lowest BCUT2D eigenvalue weighted by atomic mass is 10.3. The largest absolute Gasteiger partial charge is 0.385 e. The van der Waals surface area contributed by atoms with Crippen LogP contribution in [0.2, 0.25) is 0 Å². The van der Waals surface area contributed by atoms with Crippen LogP contribution in [0.5, 0.6) is 0 Å². The molecule has 1 aromatic carbocycles. The first-order chi connectivity index (χ1) is 14.1. The second kappa shape index (κ2) is 7.84. The van der Waals surface area contributed by atoms with Crippen molar-refractivity contribution < 1.29 is 13.9 Å². The van der Waals surface area contributed by atoms with Gasteiger partial charge in [-0.1, -0.05) is 12.1 Å². The van der Waals surface area contributed by atoms with Crippen LogP contribution < -0.4 is 10.9 Å². The summed E-state index contributed by atoms with van der Waals surface area (Å²) in [6.45, 7) is 0.940. The number of nitrogens with zero attached hydrogens (tertiary/aromatic N) is 3. The van der Waals surface area contributed by atoms with Crippen LogP contribution >= 0.6 is 0 Å². The molecule has 1 N–H and O–H groups in total. The first-order valence-corrected chi connectivity index (χ1v) is 9.15. The predicted octanol–water partition coefficient (Wildman–Crippen LogP) is 3.08. The van der Waals surface area contributed by atoms with Gasteiger partial charge in [-0.05, 0) is 42.8 Å². The summed E-state index contributed by atoms with van der Waals surface area (Å²) in [5.74, 6) is -0.894. The Bertz CT molecular complexity index is 1260. The number of halogens is 1. The third-order valence-corrected chi connectivity index (χ3v) is 4.62. The minimum Gasteiger partial charge on any atom is -0.385 e. The summed E-state index contributed by atoms with van der Waals surface area (Å²) in [6.07, 6.45) is 2.27. The van der Waals surface area contributed by atoms with E-state index in [1.165, 1.54) is 28.7 Å². The van der Waals surface area contributed by atoms with E-state index in [0.717, 1.165) is 0 Å². The molecule has 0 aliphatic rings. The fourth-order valence-corrected chi connectivity index (χ4v) is 3.29. The molecule has 0 radical (unpaired) electrons. The number of benzene rings is 1. The maximum Gasteiger partial charge on any atom is 0.272 e. The van der Waals surface area contributed by atoms with Crippen molar-refractivity contribution in [3.63, 3.8) is 0 Å². The van der Waals surface area contributed by atoms with Gasteiger partial charge in [0.2, 0.25) is 0 Å². The number of ether oxygens (including phenoxy) is 1. The minimum atomic E-state index is -0.449. The molecule has 7 nitrogen and oxygen atoms in total. The molecule has 29 heavy (non-hydrogen) atoms. The normalized spacial score (nSPS) is 11.2. The Morgan fingerprint density at radius 3 is 2.86 bits per heavy atom. The third-order valence-electron chi connectivity index (χ3n) is 4.62. The highest BCUT2D eigenvalue weighted by Crippen LogP contribution is 2.19. The fourth-order valence-electron chi connectivity index (χ4n) is 3.29. The zero-order valence-electron chi connectivity index (χ0n) is 15.8. The van der Waals surface area contributed by atoms with Crippen molar-refractivity contribution in [3.05, 3.63) is 76.6 Å². The number of pyridine rings is 1. The SMILES string of the molecule is COCCCn1c(C(=O)Nc2cccc(F)c2)cc2c(=O)n3ccccc3nc21. The number of carbonyl (C=O) groups is 1. The summed E-state index contributed by atoms with van der Waals surface area (Å²) >= 11 is 0. The number of hydrogen-bond acceptors (Lipinski definition) is 4. The third kappa shape index (κ3) is 3.62. The quantitative estimate of drug-likeness (QED) is 0.510. The van der Waals surface area contributed by atoms with E-state index in [0.29, 0.717) is 41.9 Å². The molecule has 4 rings (SSSR count). The maximum atomic E-state index is 13.5. The molecule has 0 aliphatic carbocycles. The average molecular weight is 394 g/mol. The Balaban J connectivity index is 1.83. The molecule has 0 unspecified atom stereocenters. The van der Waals surface area contributed by atoms with E-state index in [-0.39, 0.29) is 11.3 Å². The molecule has 4 aromatic rings. The van der Waals surface area contributed by atoms with E-state index in [2.05, 4.69) is 10.3 Å². The number of methoxy groups -OCH3 is 1. The lowest BCUT2D eigenvalue weighted by Crippen LogP contribution is -2.18. The molecule has 3 aromatic heterocycles. The molecular weight excluding hydrogens is 375 g/mol. The van der Waals surface area contributed by atoms with Gasteiger partial charge in [0.25, 0.3) is 11.5 Å². The zero-order valence-corrected chi connectivity index (χ0v) is 15.8. The summed E-state index contributed by atoms with van der Waals surface area (Å²) in [5, 5.41) is 3.03. The van der Waals surface area contributed by atoms with Crippen LogP contribution in [0.25, 0.3) is 16.7 Å². The number of rotatable bonds is 6. The molecule has 0 bridgehead atoms. The van der Waals surface area contributed by atoms with E-state index in [1.54, 1.807) is 42.1 Å². The van der Waals surface area contributed by atoms with Crippen molar-refractivity contribution in [2.75, 3.05) is 19.0 Å². The van der Waals surface area contributed by atoms with Gasteiger partial charge in [0.15, 0.2) is 0 Å². The van der Waals surface area contributed by atoms with Gasteiger partial charge in [0, 0.05) is 32.1 Å². The zero-order chi connectivity index (χ0) is 20.4. The summed E-state index contributed by atoms with van der Waals surface area (Å²) in [4.78, 5) is 30.4. The Hall–Kier alpha value is -3.52. The van der Waals surface area contributed by atoms with Gasteiger partial charge in [0.05, 0.1) is 5.39 Å². The van der Waals surface area contributed by atoms with Crippen molar-refractivity contribution in [1.29, 1.82) is 0 Å². The van der Waals surface area contributed by atoms with E-state index in [9.17, 15) is 14.0 Å². The van der Waals surface area contributed by atoms with Crippen LogP contribution in [0.15, 0.2) is 59.5 Å². The van der Waals surface area contributed by atoms with Gasteiger partial charge in [-0.2, -0.15) is 0 Å². The molecular formula is C21H19FN4O3. The lowest BCUT2D eigenvalue weighted by molar-refractivity contribution is 0.101. The Kier molecular flexibility index (Phi) is 5.09. The predicted molar refractivity (Wildman–Crippen MR) is 108 cm³/mol. The summed E-state index contributed by atoms with van der Waals surface area (Å²) < 4.78 is 21.7. The van der Waals surface area contributed by atoms with Gasteiger partial charge in [0.1, 0.15) is 22.8 Å². The number of carbonyl (C=O) groups excluding carboxylic acids is 1. The molecule has 0 atom stereocenters. The first-order valence-electron chi connectivity index (χ1n) is 9.15. The highest BCUT2D eigenvalue weighted by atomic mass is 19.1. The van der Waals surface area contributed by atoms with Crippen molar-refractivity contribution in [2.24, 2.45) is 0 Å². The molecule has 0 saturated heterocycles. The smallest absolute Gasteiger partial charge is 0.272 e. The molecule has 0 fully saturated rings. The second-order valence-corrected chi connectivity index (χ2v) is 6.58. The van der Waals surface area contributed by atoms with Crippen molar-refractivity contribution >= 4 is 28.3 Å². The number of amides is 1. The number of nitrogens with one attached hydrogen (secondary N) is 1. The topological polar surface area (TPSA) is 77.6 Å². The van der Waals surface area contributed by atoms with Crippen LogP contribution in [-0.2, 0) is 11.3 Å². The van der Waals surface area contributed by atoms with E-state index < -0.39 is 11.7 Å². The molecule has 0 saturated carbocycles. The molecule has 3 heterocycles. The minimum absolute atomic E-state index is 0.254. The van der Waals surface area contributed by atoms with Crippen molar-refractivity contribution in [1.82, 2.24) is 14.0 Å². The maximum absolute atomic E-state index is 13.5. The van der Waals surface area contributed by atoms with Crippen LogP contribution in [0, 0.1) is 5.82 Å². The van der Waals surface area contributed by atoms with Gasteiger partial charge >= 0.3 is 0 Å². The fraction of sp³-hybridized carbons (Fsp3) is 0.190. The molecule has 1 amide bonds. The van der Waals surface area contributed by atoms with E-state index in [4.69, 9.17) is 4.74 Å². The number of anilines is 1. The first kappa shape index (κ1) is 18.8. The van der Waals surface area contributed by atoms with Crippen molar-refractivity contribution in [2.45, 2.75) is 13.0 Å². The van der Waals surface area contributed by atoms with Crippen molar-refractivity contribution in [3.8, 4) is 0 Å². The second-order valence-electron chi connectivity index (χ2n) is 6.58. The van der Waals surface area contributed by atoms with Crippen LogP contribution in [0.3, 0.4) is 0 Å². The van der Waals surface area contributed by atoms with Gasteiger partial charge in [-0.3, -0.25) is 14.0 Å². The lowest BCUT2D eigenvalue weighted by Gasteiger charge is -2.11. The Labute approximate surface area is 165 Å². The summed E-state index contributed by atoms with van der Waals surface area (Å²) in [5.41, 5.74) is 1.28. The number of hydrogen-bond donors (Lipinski definition) is 1. The highest BCUT2D eigenvalue weighted by molar-refractivity contribution is 6.06. The summed E-state index contributed by atoms with van der Waals surface area (Å²) in [6, 6.07) is 12.5. The number of aryl methyl sites for hydroxylation is 1. The van der Waals surface area contributed by atoms with Gasteiger partial charge in [-0.15, -0.1) is 0 Å². The average Bonchev–Trinajstić information content (AvgIpc) is 3.07. The standard InChI is InChI=1S/C21H19FN4O3/c1-29-11-5-10-25-17(20(27)23-15-7-4-6-14(22)12-15)13-16-19(25)24-18-8-2-3-9-26(18)21(16)28/h2-4,6-9,12-13H,5,10-11H2,1H3,(H,23,27). The Morgan fingerprint density at radius 2 is 2.07 bits per heavy atom. The number of aromatic nitrogens is 3. The summed E-state index contributed by atoms with van der Waals surface area (Å²) in [7, 11) is 1.60. The van der Waals surface area contributed by atoms with Crippen LogP contribution in [-0.4, -0.2) is 33.6 Å². The van der Waals surface area contributed by atoms with E-state index >= 15 is 0 Å². The molecule has 0 spiro atoms. The Morgan fingerprint density at radius 1 is 1.21 bits per heavy atom. The van der Waals surface area contributed by atoms with Crippen LogP contribution in [0.1, 0.15) is 16.9 Å².